The molecule has 4 rings (SSSR count). The van der Waals surface area contributed by atoms with Gasteiger partial charge in [-0.15, -0.1) is 0 Å². The van der Waals surface area contributed by atoms with Gasteiger partial charge in [-0.2, -0.15) is 5.10 Å². The molecule has 0 bridgehead atoms. The number of piperidine rings is 1. The maximum absolute atomic E-state index is 12.8. The highest BCUT2D eigenvalue weighted by Crippen LogP contribution is 2.30. The molecule has 3 aromatic rings. The van der Waals surface area contributed by atoms with Crippen LogP contribution in [0.1, 0.15) is 58.8 Å². The van der Waals surface area contributed by atoms with Crippen molar-refractivity contribution in [3.63, 3.8) is 0 Å². The van der Waals surface area contributed by atoms with Gasteiger partial charge in [0.1, 0.15) is 5.52 Å². The lowest BCUT2D eigenvalue weighted by Gasteiger charge is -2.32. The minimum absolute atomic E-state index is 0.0194. The normalized spacial score (nSPS) is 16.8. The zero-order valence-electron chi connectivity index (χ0n) is 17.8. The van der Waals surface area contributed by atoms with Gasteiger partial charge in [0.15, 0.2) is 11.4 Å². The van der Waals surface area contributed by atoms with Crippen LogP contribution in [0.15, 0.2) is 30.6 Å². The number of fused-ring (bicyclic) bond motifs is 1. The molecule has 3 heterocycles. The summed E-state index contributed by atoms with van der Waals surface area (Å²) in [7, 11) is 1.87. The molecule has 0 aliphatic carbocycles. The number of benzene rings is 1. The van der Waals surface area contributed by atoms with Gasteiger partial charge in [-0.25, -0.2) is 14.6 Å². The molecule has 1 fully saturated rings. The maximum Gasteiger partial charge on any atom is 0.223 e. The number of likely N-dealkylation sites (tertiary alicyclic amines) is 1. The molecule has 7 nitrogen and oxygen atoms in total. The summed E-state index contributed by atoms with van der Waals surface area (Å²) in [5.74, 6) is 0.188. The van der Waals surface area contributed by atoms with Gasteiger partial charge in [-0.05, 0) is 43.9 Å². The number of aromatic nitrogens is 4. The molecule has 7 heteroatoms. The first kappa shape index (κ1) is 20.2. The van der Waals surface area contributed by atoms with E-state index < -0.39 is 0 Å². The standard InChI is InChI=1S/C23H27N5O2/c1-15-6-7-17(13-16(15)2)19(29)8-9-20(30)28-12-4-5-18(14-28)21-22-23(27(3)26-21)25-11-10-24-22/h6-7,10-11,13,18H,4-5,8-9,12,14H2,1-3H3. The maximum atomic E-state index is 12.8. The first-order valence-electron chi connectivity index (χ1n) is 10.5. The molecule has 1 saturated heterocycles. The molecule has 0 radical (unpaired) electrons. The van der Waals surface area contributed by atoms with Crippen molar-refractivity contribution in [1.82, 2.24) is 24.6 Å². The zero-order valence-corrected chi connectivity index (χ0v) is 17.8. The average molecular weight is 406 g/mol. The molecule has 0 N–H and O–H groups in total. The van der Waals surface area contributed by atoms with Crippen molar-refractivity contribution >= 4 is 22.9 Å². The summed E-state index contributed by atoms with van der Waals surface area (Å²) in [6.07, 6.45) is 5.70. The topological polar surface area (TPSA) is 81.0 Å². The summed E-state index contributed by atoms with van der Waals surface area (Å²) < 4.78 is 1.75. The number of hydrogen-bond donors (Lipinski definition) is 0. The van der Waals surface area contributed by atoms with E-state index in [-0.39, 0.29) is 30.4 Å². The van der Waals surface area contributed by atoms with E-state index in [1.165, 1.54) is 0 Å². The van der Waals surface area contributed by atoms with Gasteiger partial charge < -0.3 is 4.90 Å². The fourth-order valence-corrected chi connectivity index (χ4v) is 4.14. The van der Waals surface area contributed by atoms with Crippen LogP contribution in [0, 0.1) is 13.8 Å². The molecule has 1 aromatic carbocycles. The molecule has 30 heavy (non-hydrogen) atoms. The third-order valence-electron chi connectivity index (χ3n) is 6.04. The SMILES string of the molecule is Cc1ccc(C(=O)CCC(=O)N2CCCC(c3nn(C)c4nccnc34)C2)cc1C. The third kappa shape index (κ3) is 3.97. The van der Waals surface area contributed by atoms with Crippen molar-refractivity contribution in [2.24, 2.45) is 7.05 Å². The molecule has 1 atom stereocenters. The fraction of sp³-hybridized carbons (Fsp3) is 0.435. The summed E-state index contributed by atoms with van der Waals surface area (Å²) in [6, 6.07) is 5.71. The number of nitrogens with zero attached hydrogens (tertiary/aromatic N) is 5. The average Bonchev–Trinajstić information content (AvgIpc) is 3.10. The van der Waals surface area contributed by atoms with Crippen LogP contribution in [0.3, 0.4) is 0 Å². The van der Waals surface area contributed by atoms with Gasteiger partial charge in [-0.3, -0.25) is 9.59 Å². The van der Waals surface area contributed by atoms with Gasteiger partial charge in [0, 0.05) is 56.9 Å². The molecule has 0 saturated carbocycles. The predicted octanol–water partition coefficient (Wildman–Crippen LogP) is 3.35. The highest BCUT2D eigenvalue weighted by Gasteiger charge is 2.29. The van der Waals surface area contributed by atoms with Gasteiger partial charge >= 0.3 is 0 Å². The van der Waals surface area contributed by atoms with Crippen LogP contribution in [0.25, 0.3) is 11.2 Å². The molecular formula is C23H27N5O2. The molecule has 1 aliphatic heterocycles. The van der Waals surface area contributed by atoms with Gasteiger partial charge in [0.25, 0.3) is 0 Å². The molecule has 0 spiro atoms. The minimum Gasteiger partial charge on any atom is -0.342 e. The molecular weight excluding hydrogens is 378 g/mol. The lowest BCUT2D eigenvalue weighted by Crippen LogP contribution is -2.39. The number of ketones is 1. The minimum atomic E-state index is 0.0194. The Labute approximate surface area is 176 Å². The number of rotatable bonds is 5. The van der Waals surface area contributed by atoms with E-state index in [0.29, 0.717) is 12.1 Å². The Bertz CT molecular complexity index is 1100. The Kier molecular flexibility index (Phi) is 5.61. The Morgan fingerprint density at radius 3 is 2.70 bits per heavy atom. The van der Waals surface area contributed by atoms with Crippen molar-refractivity contribution in [2.45, 2.75) is 45.4 Å². The van der Waals surface area contributed by atoms with Crippen LogP contribution in [-0.2, 0) is 11.8 Å². The summed E-state index contributed by atoms with van der Waals surface area (Å²) in [5, 5.41) is 4.64. The number of carbonyl (C=O) groups excluding carboxylic acids is 2. The smallest absolute Gasteiger partial charge is 0.223 e. The van der Waals surface area contributed by atoms with E-state index in [2.05, 4.69) is 15.1 Å². The van der Waals surface area contributed by atoms with E-state index in [4.69, 9.17) is 0 Å². The predicted molar refractivity (Wildman–Crippen MR) is 114 cm³/mol. The number of amides is 1. The quantitative estimate of drug-likeness (QED) is 0.608. The highest BCUT2D eigenvalue weighted by molar-refractivity contribution is 5.98. The Balaban J connectivity index is 1.41. The molecule has 1 aliphatic rings. The van der Waals surface area contributed by atoms with E-state index in [1.807, 2.05) is 44.0 Å². The van der Waals surface area contributed by atoms with E-state index >= 15 is 0 Å². The van der Waals surface area contributed by atoms with E-state index in [1.54, 1.807) is 17.1 Å². The van der Waals surface area contributed by atoms with Crippen LogP contribution in [-0.4, -0.2) is 49.4 Å². The lowest BCUT2D eigenvalue weighted by molar-refractivity contribution is -0.132. The largest absolute Gasteiger partial charge is 0.342 e. The second-order valence-corrected chi connectivity index (χ2v) is 8.14. The van der Waals surface area contributed by atoms with Crippen molar-refractivity contribution in [2.75, 3.05) is 13.1 Å². The highest BCUT2D eigenvalue weighted by atomic mass is 16.2. The van der Waals surface area contributed by atoms with Crippen molar-refractivity contribution in [1.29, 1.82) is 0 Å². The molecule has 156 valence electrons. The number of carbonyl (C=O) groups is 2. The fourth-order valence-electron chi connectivity index (χ4n) is 4.14. The summed E-state index contributed by atoms with van der Waals surface area (Å²) >= 11 is 0. The molecule has 1 amide bonds. The summed E-state index contributed by atoms with van der Waals surface area (Å²) in [4.78, 5) is 36.0. The van der Waals surface area contributed by atoms with E-state index in [0.717, 1.165) is 47.4 Å². The van der Waals surface area contributed by atoms with Gasteiger partial charge in [0.2, 0.25) is 5.91 Å². The van der Waals surface area contributed by atoms with E-state index in [9.17, 15) is 9.59 Å². The lowest BCUT2D eigenvalue weighted by atomic mass is 9.93. The van der Waals surface area contributed by atoms with Crippen LogP contribution in [0.2, 0.25) is 0 Å². The first-order chi connectivity index (χ1) is 14.4. The first-order valence-corrected chi connectivity index (χ1v) is 10.5. The van der Waals surface area contributed by atoms with Crippen LogP contribution >= 0.6 is 0 Å². The third-order valence-corrected chi connectivity index (χ3v) is 6.04. The molecule has 1 unspecified atom stereocenters. The van der Waals surface area contributed by atoms with Crippen molar-refractivity contribution < 1.29 is 9.59 Å². The van der Waals surface area contributed by atoms with Crippen LogP contribution in [0.4, 0.5) is 0 Å². The van der Waals surface area contributed by atoms with Crippen LogP contribution in [0.5, 0.6) is 0 Å². The number of aryl methyl sites for hydroxylation is 3. The molecule has 2 aromatic heterocycles. The van der Waals surface area contributed by atoms with Crippen molar-refractivity contribution in [3.8, 4) is 0 Å². The summed E-state index contributed by atoms with van der Waals surface area (Å²) in [5.41, 5.74) is 5.41. The second kappa shape index (κ2) is 8.34. The Morgan fingerprint density at radius 2 is 1.90 bits per heavy atom. The van der Waals surface area contributed by atoms with Crippen molar-refractivity contribution in [3.05, 3.63) is 53.0 Å². The monoisotopic (exact) mass is 405 g/mol. The second-order valence-electron chi connectivity index (χ2n) is 8.14. The van der Waals surface area contributed by atoms with Gasteiger partial charge in [-0.1, -0.05) is 12.1 Å². The van der Waals surface area contributed by atoms with Crippen LogP contribution < -0.4 is 0 Å². The summed E-state index contributed by atoms with van der Waals surface area (Å²) in [6.45, 7) is 5.36. The zero-order chi connectivity index (χ0) is 21.3. The Hall–Kier alpha value is -3.09. The number of Topliss-reactive ketones (excluding diaryl/α,β-unsaturated/α-hetero) is 1. The van der Waals surface area contributed by atoms with Gasteiger partial charge in [0.05, 0.1) is 5.69 Å². The Morgan fingerprint density at radius 1 is 1.10 bits per heavy atom. The number of hydrogen-bond acceptors (Lipinski definition) is 5.